The summed E-state index contributed by atoms with van der Waals surface area (Å²) in [5.74, 6) is -0.981. The van der Waals surface area contributed by atoms with Crippen molar-refractivity contribution in [1.29, 1.82) is 0 Å². The number of carbonyl (C=O) groups is 1. The molecule has 1 fully saturated rings. The van der Waals surface area contributed by atoms with Crippen LogP contribution in [0.2, 0.25) is 5.02 Å². The molecule has 1 aromatic heterocycles. The fourth-order valence-corrected chi connectivity index (χ4v) is 6.25. The van der Waals surface area contributed by atoms with Gasteiger partial charge in [0.25, 0.3) is 0 Å². The maximum atomic E-state index is 13.8. The quantitative estimate of drug-likeness (QED) is 0.507. The second-order valence-electron chi connectivity index (χ2n) is 8.34. The predicted molar refractivity (Wildman–Crippen MR) is 127 cm³/mol. The van der Waals surface area contributed by atoms with Crippen LogP contribution in [-0.2, 0) is 21.4 Å². The normalized spacial score (nSPS) is 19.3. The Morgan fingerprint density at radius 1 is 1.06 bits per heavy atom. The predicted octanol–water partition coefficient (Wildman–Crippen LogP) is 4.15. The fraction of sp³-hybridized carbons (Fsp3) is 0.333. The van der Waals surface area contributed by atoms with Crippen LogP contribution in [-0.4, -0.2) is 34.5 Å². The van der Waals surface area contributed by atoms with Gasteiger partial charge < -0.3 is 5.73 Å². The van der Waals surface area contributed by atoms with E-state index in [1.807, 2.05) is 36.5 Å². The van der Waals surface area contributed by atoms with Gasteiger partial charge in [-0.2, -0.15) is 9.40 Å². The van der Waals surface area contributed by atoms with Crippen LogP contribution < -0.4 is 5.73 Å². The molecule has 174 valence electrons. The van der Waals surface area contributed by atoms with Crippen LogP contribution in [0.25, 0.3) is 5.69 Å². The highest BCUT2D eigenvalue weighted by Crippen LogP contribution is 2.33. The fourth-order valence-electron chi connectivity index (χ4n) is 4.44. The Kier molecular flexibility index (Phi) is 7.17. The summed E-state index contributed by atoms with van der Waals surface area (Å²) in [6, 6.07) is 15.0. The van der Waals surface area contributed by atoms with E-state index in [1.165, 1.54) is 16.4 Å². The first-order chi connectivity index (χ1) is 15.9. The van der Waals surface area contributed by atoms with E-state index in [-0.39, 0.29) is 11.4 Å². The highest BCUT2D eigenvalue weighted by Gasteiger charge is 2.39. The third-order valence-corrected chi connectivity index (χ3v) is 8.32. The Labute approximate surface area is 199 Å². The van der Waals surface area contributed by atoms with E-state index < -0.39 is 27.9 Å². The smallest absolute Gasteiger partial charge is 0.243 e. The number of benzene rings is 2. The van der Waals surface area contributed by atoms with Gasteiger partial charge in [0.15, 0.2) is 0 Å². The van der Waals surface area contributed by atoms with Gasteiger partial charge in [-0.25, -0.2) is 13.1 Å². The van der Waals surface area contributed by atoms with Gasteiger partial charge in [-0.15, -0.1) is 0 Å². The number of halogens is 1. The Balaban J connectivity index is 1.72. The van der Waals surface area contributed by atoms with E-state index in [0.717, 1.165) is 30.5 Å². The van der Waals surface area contributed by atoms with Crippen molar-refractivity contribution in [3.8, 4) is 5.69 Å². The summed E-state index contributed by atoms with van der Waals surface area (Å²) in [4.78, 5) is 12.5. The number of hydrogen-bond acceptors (Lipinski definition) is 4. The van der Waals surface area contributed by atoms with Crippen LogP contribution in [0.5, 0.6) is 0 Å². The zero-order valence-corrected chi connectivity index (χ0v) is 19.8. The summed E-state index contributed by atoms with van der Waals surface area (Å²) >= 11 is 5.99. The average molecular weight is 487 g/mol. The number of rotatable bonds is 7. The largest absolute Gasteiger partial charge is 0.369 e. The Bertz CT molecular complexity index is 1180. The molecule has 1 aliphatic carbocycles. The van der Waals surface area contributed by atoms with Crippen LogP contribution in [0, 0.1) is 5.92 Å². The SMILES string of the molecule is NC(=O)[C@H]1CCCCC[C@H]1N(Cc1ccc(-n2cccn2)cc1)S(=O)(=O)c1ccc(Cl)cc1. The number of aromatic nitrogens is 2. The summed E-state index contributed by atoms with van der Waals surface area (Å²) in [5, 5.41) is 4.68. The van der Waals surface area contributed by atoms with Crippen LogP contribution >= 0.6 is 11.6 Å². The standard InChI is InChI=1S/C24H27ClN4O3S/c25-19-9-13-21(14-10-19)33(31,32)29(23-6-3-1-2-5-22(23)24(26)30)17-18-7-11-20(12-8-18)28-16-4-15-27-28/h4,7-16,22-23H,1-3,5-6,17H2,(H2,26,30)/t22-,23+/m0/s1. The maximum absolute atomic E-state index is 13.8. The van der Waals surface area contributed by atoms with Gasteiger partial charge in [0.1, 0.15) is 0 Å². The molecule has 1 saturated carbocycles. The van der Waals surface area contributed by atoms with Crippen molar-refractivity contribution >= 4 is 27.5 Å². The van der Waals surface area contributed by atoms with Crippen molar-refractivity contribution in [2.24, 2.45) is 11.7 Å². The monoisotopic (exact) mass is 486 g/mol. The van der Waals surface area contributed by atoms with E-state index in [4.69, 9.17) is 17.3 Å². The van der Waals surface area contributed by atoms with Crippen LogP contribution in [0.1, 0.15) is 37.7 Å². The first-order valence-electron chi connectivity index (χ1n) is 11.0. The van der Waals surface area contributed by atoms with E-state index in [2.05, 4.69) is 5.10 Å². The first kappa shape index (κ1) is 23.5. The lowest BCUT2D eigenvalue weighted by Gasteiger charge is -2.34. The molecule has 4 rings (SSSR count). The second-order valence-corrected chi connectivity index (χ2v) is 10.7. The Morgan fingerprint density at radius 3 is 2.39 bits per heavy atom. The highest BCUT2D eigenvalue weighted by atomic mass is 35.5. The minimum atomic E-state index is -3.90. The number of hydrogen-bond donors (Lipinski definition) is 1. The molecule has 0 radical (unpaired) electrons. The molecule has 1 heterocycles. The Morgan fingerprint density at radius 2 is 1.76 bits per heavy atom. The molecule has 0 bridgehead atoms. The molecule has 9 heteroatoms. The highest BCUT2D eigenvalue weighted by molar-refractivity contribution is 7.89. The average Bonchev–Trinajstić information content (AvgIpc) is 3.23. The van der Waals surface area contributed by atoms with E-state index >= 15 is 0 Å². The van der Waals surface area contributed by atoms with E-state index in [1.54, 1.807) is 23.0 Å². The lowest BCUT2D eigenvalue weighted by atomic mass is 9.94. The summed E-state index contributed by atoms with van der Waals surface area (Å²) < 4.78 is 30.8. The van der Waals surface area contributed by atoms with Crippen molar-refractivity contribution < 1.29 is 13.2 Å². The molecule has 0 saturated heterocycles. The number of amides is 1. The molecule has 0 spiro atoms. The molecule has 0 aliphatic heterocycles. The third-order valence-electron chi connectivity index (χ3n) is 6.18. The van der Waals surface area contributed by atoms with Crippen LogP contribution in [0.15, 0.2) is 71.9 Å². The topological polar surface area (TPSA) is 98.3 Å². The number of nitrogens with zero attached hydrogens (tertiary/aromatic N) is 3. The molecule has 0 unspecified atom stereocenters. The minimum absolute atomic E-state index is 0.138. The first-order valence-corrected chi connectivity index (χ1v) is 12.8. The summed E-state index contributed by atoms with van der Waals surface area (Å²) in [6.07, 6.45) is 7.38. The summed E-state index contributed by atoms with van der Waals surface area (Å²) in [5.41, 5.74) is 7.44. The van der Waals surface area contributed by atoms with E-state index in [0.29, 0.717) is 17.9 Å². The van der Waals surface area contributed by atoms with Gasteiger partial charge in [-0.05, 0) is 60.9 Å². The lowest BCUT2D eigenvalue weighted by Crippen LogP contribution is -2.47. The lowest BCUT2D eigenvalue weighted by molar-refractivity contribution is -0.123. The molecular formula is C24H27ClN4O3S. The van der Waals surface area contributed by atoms with Crippen molar-refractivity contribution in [1.82, 2.24) is 14.1 Å². The van der Waals surface area contributed by atoms with Crippen molar-refractivity contribution in [3.05, 3.63) is 77.6 Å². The van der Waals surface area contributed by atoms with Crippen molar-refractivity contribution in [3.63, 3.8) is 0 Å². The van der Waals surface area contributed by atoms with Crippen LogP contribution in [0.4, 0.5) is 0 Å². The molecule has 2 atom stereocenters. The molecule has 1 amide bonds. The third kappa shape index (κ3) is 5.29. The van der Waals surface area contributed by atoms with Crippen molar-refractivity contribution in [2.45, 2.75) is 49.6 Å². The summed E-state index contributed by atoms with van der Waals surface area (Å²) in [7, 11) is -3.90. The van der Waals surface area contributed by atoms with Gasteiger partial charge in [0.05, 0.1) is 16.5 Å². The minimum Gasteiger partial charge on any atom is -0.369 e. The second kappa shape index (κ2) is 10.1. The molecule has 2 aromatic carbocycles. The summed E-state index contributed by atoms with van der Waals surface area (Å²) in [6.45, 7) is 0.138. The number of sulfonamides is 1. The zero-order valence-electron chi connectivity index (χ0n) is 18.2. The number of carbonyl (C=O) groups excluding carboxylic acids is 1. The van der Waals surface area contributed by atoms with E-state index in [9.17, 15) is 13.2 Å². The molecule has 2 N–H and O–H groups in total. The van der Waals surface area contributed by atoms with Gasteiger partial charge in [-0.1, -0.05) is 43.0 Å². The molecular weight excluding hydrogens is 460 g/mol. The Hall–Kier alpha value is -2.68. The number of nitrogens with two attached hydrogens (primary N) is 1. The van der Waals surface area contributed by atoms with Gasteiger partial charge in [0, 0.05) is 30.0 Å². The van der Waals surface area contributed by atoms with Gasteiger partial charge in [-0.3, -0.25) is 4.79 Å². The molecule has 7 nitrogen and oxygen atoms in total. The maximum Gasteiger partial charge on any atom is 0.243 e. The molecule has 33 heavy (non-hydrogen) atoms. The molecule has 1 aliphatic rings. The molecule has 3 aromatic rings. The van der Waals surface area contributed by atoms with Gasteiger partial charge >= 0.3 is 0 Å². The number of primary amides is 1. The van der Waals surface area contributed by atoms with Gasteiger partial charge in [0.2, 0.25) is 15.9 Å². The van der Waals surface area contributed by atoms with Crippen molar-refractivity contribution in [2.75, 3.05) is 0 Å². The van der Waals surface area contributed by atoms with Crippen LogP contribution in [0.3, 0.4) is 0 Å². The zero-order chi connectivity index (χ0) is 23.4.